The number of nitrogens with one attached hydrogen (secondary N) is 2. The smallest absolute Gasteiger partial charge is 0.416 e. The molecule has 3 aromatic rings. The Labute approximate surface area is 236 Å². The van der Waals surface area contributed by atoms with E-state index in [1.54, 1.807) is 25.1 Å². The molecule has 3 aromatic carbocycles. The zero-order valence-electron chi connectivity index (χ0n) is 22.2. The van der Waals surface area contributed by atoms with Gasteiger partial charge in [-0.25, -0.2) is 9.63 Å². The first kappa shape index (κ1) is 30.8. The van der Waals surface area contributed by atoms with Gasteiger partial charge in [0.05, 0.1) is 19.1 Å². The molecule has 7 nitrogen and oxygen atoms in total. The third-order valence-electron chi connectivity index (χ3n) is 6.11. The van der Waals surface area contributed by atoms with Crippen molar-refractivity contribution < 1.29 is 32.2 Å². The second-order valence-corrected chi connectivity index (χ2v) is 9.11. The fourth-order valence-electron chi connectivity index (χ4n) is 4.08. The van der Waals surface area contributed by atoms with Crippen LogP contribution in [-0.4, -0.2) is 43.7 Å². The highest BCUT2D eigenvalue weighted by atomic mass is 35.5. The predicted molar refractivity (Wildman–Crippen MR) is 147 cm³/mol. The van der Waals surface area contributed by atoms with Gasteiger partial charge in [-0.05, 0) is 65.2 Å². The number of urea groups is 1. The second kappa shape index (κ2) is 14.6. The maximum absolute atomic E-state index is 13.7. The van der Waals surface area contributed by atoms with E-state index in [2.05, 4.69) is 10.2 Å². The van der Waals surface area contributed by atoms with Crippen molar-refractivity contribution in [1.82, 2.24) is 15.1 Å². The first-order chi connectivity index (χ1) is 19.2. The molecular weight excluding hydrogens is 547 g/mol. The van der Waals surface area contributed by atoms with E-state index >= 15 is 0 Å². The lowest BCUT2D eigenvalue weighted by atomic mass is 9.94. The first-order valence-electron chi connectivity index (χ1n) is 12.6. The molecule has 0 heterocycles. The van der Waals surface area contributed by atoms with Crippen molar-refractivity contribution in [1.29, 1.82) is 0 Å². The third-order valence-corrected chi connectivity index (χ3v) is 6.30. The van der Waals surface area contributed by atoms with Crippen LogP contribution in [0.15, 0.2) is 66.7 Å². The molecule has 0 aliphatic carbocycles. The van der Waals surface area contributed by atoms with Crippen molar-refractivity contribution >= 4 is 23.8 Å². The van der Waals surface area contributed by atoms with Gasteiger partial charge < -0.3 is 19.7 Å². The molecule has 214 valence electrons. The van der Waals surface area contributed by atoms with Crippen LogP contribution >= 0.6 is 11.8 Å². The summed E-state index contributed by atoms with van der Waals surface area (Å²) in [7, 11) is 1.45. The van der Waals surface area contributed by atoms with Crippen molar-refractivity contribution in [3.05, 3.63) is 89.0 Å². The number of rotatable bonds is 12. The summed E-state index contributed by atoms with van der Waals surface area (Å²) >= 11 is 5.38. The zero-order chi connectivity index (χ0) is 29.1. The Balaban J connectivity index is 1.94. The highest BCUT2D eigenvalue weighted by Gasteiger charge is 2.31. The Kier molecular flexibility index (Phi) is 11.2. The largest absolute Gasteiger partial charge is 0.496 e. The lowest BCUT2D eigenvalue weighted by molar-refractivity contribution is -0.142. The van der Waals surface area contributed by atoms with Crippen LogP contribution in [-0.2, 0) is 35.2 Å². The number of carbonyl (C=O) groups is 2. The van der Waals surface area contributed by atoms with Gasteiger partial charge in [-0.15, -0.1) is 0 Å². The molecule has 0 radical (unpaired) electrons. The summed E-state index contributed by atoms with van der Waals surface area (Å²) in [6.07, 6.45) is -4.63. The van der Waals surface area contributed by atoms with Crippen molar-refractivity contribution in [2.24, 2.45) is 0 Å². The number of methoxy groups -OCH3 is 1. The van der Waals surface area contributed by atoms with Gasteiger partial charge in [-0.3, -0.25) is 4.79 Å². The van der Waals surface area contributed by atoms with Gasteiger partial charge in [-0.2, -0.15) is 13.2 Å². The highest BCUT2D eigenvalue weighted by Crippen LogP contribution is 2.38. The summed E-state index contributed by atoms with van der Waals surface area (Å²) in [6.45, 7) is 2.57. The van der Waals surface area contributed by atoms with E-state index < -0.39 is 23.7 Å². The van der Waals surface area contributed by atoms with E-state index in [4.69, 9.17) is 21.3 Å². The molecule has 0 aromatic heterocycles. The van der Waals surface area contributed by atoms with Crippen LogP contribution in [0, 0.1) is 0 Å². The quantitative estimate of drug-likeness (QED) is 0.158. The Morgan fingerprint density at radius 3 is 2.38 bits per heavy atom. The van der Waals surface area contributed by atoms with Gasteiger partial charge in [0.25, 0.3) is 0 Å². The van der Waals surface area contributed by atoms with Crippen LogP contribution in [0.5, 0.6) is 5.75 Å². The lowest BCUT2D eigenvalue weighted by Gasteiger charge is -2.24. The van der Waals surface area contributed by atoms with Crippen molar-refractivity contribution in [2.45, 2.75) is 32.6 Å². The van der Waals surface area contributed by atoms with Gasteiger partial charge in [0.2, 0.25) is 0 Å². The number of hydrogen-bond acceptors (Lipinski definition) is 5. The molecule has 11 heteroatoms. The number of ether oxygens (including phenoxy) is 2. The molecule has 0 saturated heterocycles. The molecule has 0 bridgehead atoms. The SMILES string of the molecule is CCN(Cc1cc(C(F)(F)F)ccc1-c1cc(CC(=O)OCCNCl)ccc1OC)C(=O)NCc1ccccc1. The van der Waals surface area contributed by atoms with Gasteiger partial charge in [0, 0.05) is 31.7 Å². The Bertz CT molecular complexity index is 1290. The number of benzene rings is 3. The topological polar surface area (TPSA) is 79.9 Å². The lowest BCUT2D eigenvalue weighted by Crippen LogP contribution is -2.39. The van der Waals surface area contributed by atoms with E-state index in [1.807, 2.05) is 30.3 Å². The molecule has 0 unspecified atom stereocenters. The second-order valence-electron chi connectivity index (χ2n) is 8.84. The molecule has 0 aliphatic rings. The van der Waals surface area contributed by atoms with Crippen LogP contribution in [0.3, 0.4) is 0 Å². The highest BCUT2D eigenvalue weighted by molar-refractivity contribution is 6.13. The van der Waals surface area contributed by atoms with E-state index in [-0.39, 0.29) is 44.8 Å². The minimum absolute atomic E-state index is 0.0573. The Hall–Kier alpha value is -3.76. The van der Waals surface area contributed by atoms with E-state index in [0.29, 0.717) is 22.4 Å². The monoisotopic (exact) mass is 577 g/mol. The molecule has 2 amide bonds. The normalized spacial score (nSPS) is 11.2. The number of esters is 1. The van der Waals surface area contributed by atoms with Gasteiger partial charge in [0.15, 0.2) is 0 Å². The molecular formula is C29H31ClF3N3O4. The zero-order valence-corrected chi connectivity index (χ0v) is 22.9. The molecule has 0 aliphatic heterocycles. The standard InChI is InChI=1S/C29H31ClF3N3O4/c1-3-36(28(38)34-18-20-7-5-4-6-8-20)19-22-17-23(29(31,32)33)10-11-24(22)25-15-21(9-12-26(25)39-2)16-27(37)40-14-13-35-30/h4-12,15,17,35H,3,13-14,16,18-19H2,1-2H3,(H,34,38). The summed E-state index contributed by atoms with van der Waals surface area (Å²) in [5, 5.41) is 2.82. The summed E-state index contributed by atoms with van der Waals surface area (Å²) in [4.78, 5) is 29.0. The number of nitrogens with zero attached hydrogens (tertiary/aromatic N) is 1. The minimum atomic E-state index is -4.58. The maximum atomic E-state index is 13.7. The van der Waals surface area contributed by atoms with E-state index in [0.717, 1.165) is 17.7 Å². The summed E-state index contributed by atoms with van der Waals surface area (Å²) < 4.78 is 51.7. The van der Waals surface area contributed by atoms with Crippen LogP contribution in [0.4, 0.5) is 18.0 Å². The summed E-state index contributed by atoms with van der Waals surface area (Å²) in [5.41, 5.74) is 1.85. The van der Waals surface area contributed by atoms with Crippen molar-refractivity contribution in [3.8, 4) is 16.9 Å². The number of carbonyl (C=O) groups excluding carboxylic acids is 2. The predicted octanol–water partition coefficient (Wildman–Crippen LogP) is 5.94. The fourth-order valence-corrected chi connectivity index (χ4v) is 4.16. The Morgan fingerprint density at radius 1 is 0.975 bits per heavy atom. The van der Waals surface area contributed by atoms with Gasteiger partial charge >= 0.3 is 18.2 Å². The van der Waals surface area contributed by atoms with Gasteiger partial charge in [-0.1, -0.05) is 42.5 Å². The van der Waals surface area contributed by atoms with E-state index in [9.17, 15) is 22.8 Å². The van der Waals surface area contributed by atoms with Gasteiger partial charge in [0.1, 0.15) is 12.4 Å². The number of amides is 2. The van der Waals surface area contributed by atoms with Crippen LogP contribution in [0.25, 0.3) is 11.1 Å². The minimum Gasteiger partial charge on any atom is -0.496 e. The average molecular weight is 578 g/mol. The maximum Gasteiger partial charge on any atom is 0.416 e. The number of hydrogen-bond donors (Lipinski definition) is 2. The van der Waals surface area contributed by atoms with Crippen molar-refractivity contribution in [3.63, 3.8) is 0 Å². The molecule has 0 spiro atoms. The third kappa shape index (κ3) is 8.62. The average Bonchev–Trinajstić information content (AvgIpc) is 2.94. The molecule has 0 atom stereocenters. The molecule has 40 heavy (non-hydrogen) atoms. The van der Waals surface area contributed by atoms with Crippen LogP contribution in [0.1, 0.15) is 29.2 Å². The van der Waals surface area contributed by atoms with Crippen molar-refractivity contribution in [2.75, 3.05) is 26.8 Å². The molecule has 0 saturated carbocycles. The van der Waals surface area contributed by atoms with E-state index in [1.165, 1.54) is 18.1 Å². The molecule has 0 fully saturated rings. The Morgan fingerprint density at radius 2 is 1.73 bits per heavy atom. The fraction of sp³-hybridized carbons (Fsp3) is 0.310. The molecule has 2 N–H and O–H groups in total. The summed E-state index contributed by atoms with van der Waals surface area (Å²) in [6, 6.07) is 17.3. The molecule has 3 rings (SSSR count). The van der Waals surface area contributed by atoms with Crippen LogP contribution in [0.2, 0.25) is 0 Å². The first-order valence-corrected chi connectivity index (χ1v) is 13.0. The number of halogens is 4. The summed E-state index contributed by atoms with van der Waals surface area (Å²) in [5.74, 6) is -0.0797. The number of alkyl halides is 3. The van der Waals surface area contributed by atoms with Crippen LogP contribution < -0.4 is 14.9 Å².